The van der Waals surface area contributed by atoms with E-state index in [1.54, 1.807) is 29.0 Å². The van der Waals surface area contributed by atoms with Gasteiger partial charge >= 0.3 is 6.18 Å². The summed E-state index contributed by atoms with van der Waals surface area (Å²) in [7, 11) is -1.31. The third-order valence-electron chi connectivity index (χ3n) is 6.14. The Bertz CT molecular complexity index is 1260. The van der Waals surface area contributed by atoms with Gasteiger partial charge in [-0.05, 0) is 31.0 Å². The SMILES string of the molecule is C[Si](C)(C)CCOCn1cc(-c2nc(NC3CCC3O)ncc2C(F)(F)F)c2ccc(C#N)cc21. The van der Waals surface area contributed by atoms with Gasteiger partial charge in [0.2, 0.25) is 5.95 Å². The predicted molar refractivity (Wildman–Crippen MR) is 129 cm³/mol. The fourth-order valence-corrected chi connectivity index (χ4v) is 4.64. The first-order valence-electron chi connectivity index (χ1n) is 11.5. The van der Waals surface area contributed by atoms with E-state index >= 15 is 0 Å². The second kappa shape index (κ2) is 9.60. The van der Waals surface area contributed by atoms with Gasteiger partial charge in [0.15, 0.2) is 0 Å². The monoisotopic (exact) mass is 503 g/mol. The van der Waals surface area contributed by atoms with Gasteiger partial charge in [0.05, 0.1) is 35.0 Å². The fourth-order valence-electron chi connectivity index (χ4n) is 3.88. The molecule has 0 spiro atoms. The maximum absolute atomic E-state index is 13.9. The maximum atomic E-state index is 13.9. The van der Waals surface area contributed by atoms with E-state index in [1.165, 1.54) is 0 Å². The molecule has 1 fully saturated rings. The summed E-state index contributed by atoms with van der Waals surface area (Å²) in [6.45, 7) is 7.39. The molecule has 1 saturated carbocycles. The van der Waals surface area contributed by atoms with Crippen molar-refractivity contribution in [2.24, 2.45) is 0 Å². The van der Waals surface area contributed by atoms with E-state index in [2.05, 4.69) is 41.0 Å². The maximum Gasteiger partial charge on any atom is 0.419 e. The molecule has 4 rings (SSSR count). The van der Waals surface area contributed by atoms with Crippen LogP contribution in [0, 0.1) is 11.3 Å². The summed E-state index contributed by atoms with van der Waals surface area (Å²) in [6.07, 6.45) is -1.58. The lowest BCUT2D eigenvalue weighted by molar-refractivity contribution is -0.137. The molecule has 2 unspecified atom stereocenters. The Balaban J connectivity index is 1.76. The van der Waals surface area contributed by atoms with Crippen LogP contribution in [0.5, 0.6) is 0 Å². The third-order valence-corrected chi connectivity index (χ3v) is 7.84. The van der Waals surface area contributed by atoms with Crippen molar-refractivity contribution in [3.8, 4) is 17.3 Å². The Morgan fingerprint density at radius 1 is 1.29 bits per heavy atom. The number of alkyl halides is 3. The van der Waals surface area contributed by atoms with Gasteiger partial charge < -0.3 is 19.7 Å². The van der Waals surface area contributed by atoms with E-state index in [0.717, 1.165) is 12.2 Å². The topological polar surface area (TPSA) is 96.0 Å². The quantitative estimate of drug-likeness (QED) is 0.323. The number of ether oxygens (including phenoxy) is 1. The van der Waals surface area contributed by atoms with Gasteiger partial charge in [-0.25, -0.2) is 9.97 Å². The van der Waals surface area contributed by atoms with Crippen molar-refractivity contribution < 1.29 is 23.0 Å². The summed E-state index contributed by atoms with van der Waals surface area (Å²) in [4.78, 5) is 8.09. The smallest absolute Gasteiger partial charge is 0.391 e. The highest BCUT2D eigenvalue weighted by atomic mass is 28.3. The second-order valence-corrected chi connectivity index (χ2v) is 15.7. The minimum atomic E-state index is -4.67. The molecule has 11 heteroatoms. The average Bonchev–Trinajstić information content (AvgIpc) is 3.15. The Labute approximate surface area is 202 Å². The summed E-state index contributed by atoms with van der Waals surface area (Å²) in [5.74, 6) is 0.0256. The fraction of sp³-hybridized carbons (Fsp3) is 0.458. The normalized spacial score (nSPS) is 18.3. The minimum Gasteiger partial charge on any atom is -0.391 e. The number of aromatic nitrogens is 3. The summed E-state index contributed by atoms with van der Waals surface area (Å²) >= 11 is 0. The molecule has 0 radical (unpaired) electrons. The van der Waals surface area contributed by atoms with E-state index in [0.29, 0.717) is 35.9 Å². The van der Waals surface area contributed by atoms with Gasteiger partial charge in [0.1, 0.15) is 12.3 Å². The molecule has 2 heterocycles. The highest BCUT2D eigenvalue weighted by Crippen LogP contribution is 2.40. The van der Waals surface area contributed by atoms with E-state index in [4.69, 9.17) is 4.74 Å². The summed E-state index contributed by atoms with van der Waals surface area (Å²) in [5, 5.41) is 22.7. The zero-order chi connectivity index (χ0) is 25.4. The number of fused-ring (bicyclic) bond motifs is 1. The van der Waals surface area contributed by atoms with Crippen LogP contribution in [0.4, 0.5) is 19.1 Å². The lowest BCUT2D eigenvalue weighted by Crippen LogP contribution is -2.43. The molecule has 35 heavy (non-hydrogen) atoms. The van der Waals surface area contributed by atoms with Crippen LogP contribution < -0.4 is 5.32 Å². The van der Waals surface area contributed by atoms with Gasteiger partial charge in [-0.15, -0.1) is 0 Å². The van der Waals surface area contributed by atoms with E-state index in [9.17, 15) is 23.5 Å². The molecule has 0 bridgehead atoms. The van der Waals surface area contributed by atoms with Crippen molar-refractivity contribution in [3.05, 3.63) is 41.7 Å². The Hall–Kier alpha value is -2.94. The number of aliphatic hydroxyl groups excluding tert-OH is 1. The zero-order valence-electron chi connectivity index (χ0n) is 19.9. The van der Waals surface area contributed by atoms with Crippen molar-refractivity contribution in [1.29, 1.82) is 5.26 Å². The molecule has 1 aromatic carbocycles. The van der Waals surface area contributed by atoms with Crippen molar-refractivity contribution >= 4 is 24.9 Å². The number of aliphatic hydroxyl groups is 1. The third kappa shape index (κ3) is 5.66. The number of hydrogen-bond acceptors (Lipinski definition) is 6. The van der Waals surface area contributed by atoms with E-state index in [1.807, 2.05) is 0 Å². The molecule has 0 aliphatic heterocycles. The molecular formula is C24H28F3N5O2Si. The number of nitriles is 1. The molecule has 3 aromatic rings. The number of benzene rings is 1. The van der Waals surface area contributed by atoms with Gasteiger partial charge in [-0.2, -0.15) is 18.4 Å². The highest BCUT2D eigenvalue weighted by Gasteiger charge is 2.37. The largest absolute Gasteiger partial charge is 0.419 e. The lowest BCUT2D eigenvalue weighted by Gasteiger charge is -2.33. The average molecular weight is 504 g/mol. The summed E-state index contributed by atoms with van der Waals surface area (Å²) in [5.41, 5.74) is 0.0260. The zero-order valence-corrected chi connectivity index (χ0v) is 20.9. The molecule has 186 valence electrons. The molecule has 1 aliphatic rings. The number of nitrogens with zero attached hydrogens (tertiary/aromatic N) is 4. The predicted octanol–water partition coefficient (Wildman–Crippen LogP) is 5.24. The van der Waals surface area contributed by atoms with Gasteiger partial charge in [0.25, 0.3) is 0 Å². The van der Waals surface area contributed by atoms with Crippen molar-refractivity contribution in [2.45, 2.75) is 63.6 Å². The van der Waals surface area contributed by atoms with Gasteiger partial charge in [0, 0.05) is 38.0 Å². The Kier molecular flexibility index (Phi) is 6.90. The molecule has 2 atom stereocenters. The molecule has 0 saturated heterocycles. The first-order valence-corrected chi connectivity index (χ1v) is 15.2. The first kappa shape index (κ1) is 25.2. The lowest BCUT2D eigenvalue weighted by atomic mass is 9.89. The van der Waals surface area contributed by atoms with Gasteiger partial charge in [-0.1, -0.05) is 25.7 Å². The highest BCUT2D eigenvalue weighted by molar-refractivity contribution is 6.76. The minimum absolute atomic E-state index is 0.0256. The molecule has 7 nitrogen and oxygen atoms in total. The van der Waals surface area contributed by atoms with Crippen LogP contribution in [0.1, 0.15) is 24.0 Å². The Morgan fingerprint density at radius 2 is 2.06 bits per heavy atom. The molecular weight excluding hydrogens is 475 g/mol. The standard InChI is InChI=1S/C24H28F3N5O2Si/c1-35(2,3)9-8-34-14-32-13-17(16-5-4-15(11-28)10-20(16)32)22-18(24(25,26)27)12-29-23(31-22)30-19-6-7-21(19)33/h4-5,10,12-13,19,21,33H,6-9,14H2,1-3H3,(H,29,30,31). The Morgan fingerprint density at radius 3 is 2.66 bits per heavy atom. The number of nitrogens with one attached hydrogen (secondary N) is 1. The molecule has 1 aliphatic carbocycles. The number of anilines is 1. The number of rotatable bonds is 8. The van der Waals surface area contributed by atoms with Crippen molar-refractivity contribution in [1.82, 2.24) is 14.5 Å². The van der Waals surface area contributed by atoms with E-state index < -0.39 is 25.9 Å². The van der Waals surface area contributed by atoms with Crippen LogP contribution in [-0.4, -0.2) is 46.5 Å². The molecule has 2 aromatic heterocycles. The van der Waals surface area contributed by atoms with Crippen LogP contribution in [0.2, 0.25) is 25.7 Å². The summed E-state index contributed by atoms with van der Waals surface area (Å²) in [6, 6.07) is 7.58. The molecule has 2 N–H and O–H groups in total. The van der Waals surface area contributed by atoms with Crippen LogP contribution >= 0.6 is 0 Å². The van der Waals surface area contributed by atoms with Crippen molar-refractivity contribution in [2.75, 3.05) is 11.9 Å². The van der Waals surface area contributed by atoms with Crippen LogP contribution in [0.15, 0.2) is 30.6 Å². The second-order valence-electron chi connectivity index (χ2n) is 10.1. The number of hydrogen-bond donors (Lipinski definition) is 2. The van der Waals surface area contributed by atoms with Crippen LogP contribution in [0.25, 0.3) is 22.2 Å². The van der Waals surface area contributed by atoms with Crippen LogP contribution in [0.3, 0.4) is 0 Å². The number of halogens is 3. The van der Waals surface area contributed by atoms with Crippen molar-refractivity contribution in [3.63, 3.8) is 0 Å². The van der Waals surface area contributed by atoms with Crippen LogP contribution in [-0.2, 0) is 17.6 Å². The summed E-state index contributed by atoms with van der Waals surface area (Å²) < 4.78 is 49.4. The van der Waals surface area contributed by atoms with Gasteiger partial charge in [-0.3, -0.25) is 0 Å². The van der Waals surface area contributed by atoms with E-state index in [-0.39, 0.29) is 30.0 Å². The molecule has 0 amide bonds. The first-order chi connectivity index (χ1) is 16.5.